The maximum Gasteiger partial charge on any atom is 0.253 e. The lowest BCUT2D eigenvalue weighted by Gasteiger charge is -2.15. The molecule has 0 spiro atoms. The van der Waals surface area contributed by atoms with Crippen LogP contribution in [0.1, 0.15) is 34.5 Å². The first kappa shape index (κ1) is 20.9. The molecule has 0 saturated carbocycles. The first-order valence-electron chi connectivity index (χ1n) is 9.47. The van der Waals surface area contributed by atoms with Crippen molar-refractivity contribution in [2.75, 3.05) is 29.9 Å². The Balaban J connectivity index is 1.38. The van der Waals surface area contributed by atoms with Gasteiger partial charge in [-0.3, -0.25) is 14.4 Å². The summed E-state index contributed by atoms with van der Waals surface area (Å²) < 4.78 is 4.87. The minimum atomic E-state index is -0.246. The van der Waals surface area contributed by atoms with E-state index in [0.29, 0.717) is 23.7 Å². The zero-order valence-electron chi connectivity index (χ0n) is 16.3. The summed E-state index contributed by atoms with van der Waals surface area (Å²) in [6, 6.07) is 8.95. The maximum atomic E-state index is 12.5. The van der Waals surface area contributed by atoms with Crippen molar-refractivity contribution in [1.82, 2.24) is 15.4 Å². The van der Waals surface area contributed by atoms with E-state index < -0.39 is 0 Å². The summed E-state index contributed by atoms with van der Waals surface area (Å²) in [5, 5.41) is 9.10. The lowest BCUT2D eigenvalue weighted by atomic mass is 10.1. The van der Waals surface area contributed by atoms with Crippen molar-refractivity contribution in [2.45, 2.75) is 26.3 Å². The van der Waals surface area contributed by atoms with E-state index in [2.05, 4.69) is 15.8 Å². The number of benzene rings is 1. The fourth-order valence-electron chi connectivity index (χ4n) is 3.01. The van der Waals surface area contributed by atoms with Gasteiger partial charge in [-0.1, -0.05) is 17.3 Å². The number of likely N-dealkylation sites (tertiary alicyclic amines) is 1. The first-order valence-corrected chi connectivity index (χ1v) is 10.6. The molecule has 29 heavy (non-hydrogen) atoms. The van der Waals surface area contributed by atoms with Crippen molar-refractivity contribution in [3.8, 4) is 0 Å². The predicted octanol–water partition coefficient (Wildman–Crippen LogP) is 2.21. The number of hydrogen-bond acceptors (Lipinski definition) is 6. The van der Waals surface area contributed by atoms with Crippen molar-refractivity contribution >= 4 is 35.3 Å². The fraction of sp³-hybridized carbons (Fsp3) is 0.400. The van der Waals surface area contributed by atoms with Gasteiger partial charge in [-0.2, -0.15) is 0 Å². The van der Waals surface area contributed by atoms with Crippen LogP contribution in [-0.4, -0.2) is 52.4 Å². The minimum Gasteiger partial charge on any atom is -0.360 e. The molecule has 3 rings (SSSR count). The van der Waals surface area contributed by atoms with E-state index in [1.165, 1.54) is 11.8 Å². The summed E-state index contributed by atoms with van der Waals surface area (Å²) in [4.78, 5) is 38.2. The van der Waals surface area contributed by atoms with Crippen LogP contribution in [0.5, 0.6) is 0 Å². The Hall–Kier alpha value is -2.81. The van der Waals surface area contributed by atoms with E-state index in [1.807, 2.05) is 23.1 Å². The molecule has 2 heterocycles. The second-order valence-electron chi connectivity index (χ2n) is 6.84. The number of nitrogens with zero attached hydrogens (tertiary/aromatic N) is 2. The van der Waals surface area contributed by atoms with Gasteiger partial charge in [0.25, 0.3) is 5.91 Å². The van der Waals surface area contributed by atoms with Gasteiger partial charge < -0.3 is 20.1 Å². The number of carbonyl (C=O) groups is 3. The van der Waals surface area contributed by atoms with Gasteiger partial charge >= 0.3 is 0 Å². The van der Waals surface area contributed by atoms with E-state index in [1.54, 1.807) is 19.1 Å². The van der Waals surface area contributed by atoms with Gasteiger partial charge in [-0.15, -0.1) is 11.8 Å². The third kappa shape index (κ3) is 6.35. The quantitative estimate of drug-likeness (QED) is 0.684. The number of hydrogen-bond donors (Lipinski definition) is 2. The minimum absolute atomic E-state index is 0.0413. The van der Waals surface area contributed by atoms with Crippen LogP contribution in [0.15, 0.2) is 34.9 Å². The first-order chi connectivity index (χ1) is 14.0. The molecule has 1 fully saturated rings. The van der Waals surface area contributed by atoms with Crippen LogP contribution >= 0.6 is 11.8 Å². The molecule has 1 aliphatic rings. The molecule has 2 aromatic rings. The Labute approximate surface area is 173 Å². The molecule has 1 aliphatic heterocycles. The van der Waals surface area contributed by atoms with Crippen molar-refractivity contribution in [3.05, 3.63) is 47.2 Å². The average Bonchev–Trinajstić information content (AvgIpc) is 3.38. The maximum absolute atomic E-state index is 12.5. The molecule has 2 N–H and O–H groups in total. The molecule has 1 aromatic heterocycles. The van der Waals surface area contributed by atoms with Crippen LogP contribution in [0.25, 0.3) is 0 Å². The van der Waals surface area contributed by atoms with Crippen LogP contribution in [-0.2, 0) is 16.1 Å². The van der Waals surface area contributed by atoms with Crippen LogP contribution in [0.3, 0.4) is 0 Å². The molecule has 0 bridgehead atoms. The molecule has 9 heteroatoms. The molecule has 3 amide bonds. The molecule has 154 valence electrons. The van der Waals surface area contributed by atoms with Gasteiger partial charge in [0.1, 0.15) is 5.76 Å². The van der Waals surface area contributed by atoms with E-state index in [-0.39, 0.29) is 29.2 Å². The molecule has 0 atom stereocenters. The summed E-state index contributed by atoms with van der Waals surface area (Å²) in [6.45, 7) is 3.69. The molecule has 0 unspecified atom stereocenters. The van der Waals surface area contributed by atoms with E-state index in [9.17, 15) is 14.4 Å². The van der Waals surface area contributed by atoms with Gasteiger partial charge in [-0.05, 0) is 37.5 Å². The van der Waals surface area contributed by atoms with Crippen molar-refractivity contribution < 1.29 is 18.9 Å². The number of aryl methyl sites for hydroxylation is 1. The Morgan fingerprint density at radius 1 is 1.14 bits per heavy atom. The van der Waals surface area contributed by atoms with Crippen molar-refractivity contribution in [3.63, 3.8) is 0 Å². The molecule has 1 aromatic carbocycles. The van der Waals surface area contributed by atoms with Gasteiger partial charge in [0.05, 0.1) is 11.5 Å². The standard InChI is InChI=1S/C20H24N4O4S/c1-14-9-17(23-28-14)22-19(26)13-29-12-18(25)21-11-15-5-4-6-16(10-15)20(27)24-7-2-3-8-24/h4-6,9-10H,2-3,7-8,11-13H2,1H3,(H,21,25)(H,22,23,26). The topological polar surface area (TPSA) is 105 Å². The monoisotopic (exact) mass is 416 g/mol. The van der Waals surface area contributed by atoms with Gasteiger partial charge in [0.15, 0.2) is 5.82 Å². The Morgan fingerprint density at radius 3 is 2.62 bits per heavy atom. The summed E-state index contributed by atoms with van der Waals surface area (Å²) in [6.07, 6.45) is 2.10. The predicted molar refractivity (Wildman–Crippen MR) is 111 cm³/mol. The molecule has 0 aliphatic carbocycles. The number of aromatic nitrogens is 1. The normalized spacial score (nSPS) is 13.3. The number of amides is 3. The van der Waals surface area contributed by atoms with Gasteiger partial charge in [0, 0.05) is 31.3 Å². The average molecular weight is 417 g/mol. The number of anilines is 1. The van der Waals surface area contributed by atoms with Crippen molar-refractivity contribution in [1.29, 1.82) is 0 Å². The second kappa shape index (κ2) is 10.1. The fourth-order valence-corrected chi connectivity index (χ4v) is 3.66. The highest BCUT2D eigenvalue weighted by Gasteiger charge is 2.19. The Morgan fingerprint density at radius 2 is 1.90 bits per heavy atom. The molecular weight excluding hydrogens is 392 g/mol. The van der Waals surface area contributed by atoms with Crippen LogP contribution in [0.4, 0.5) is 5.82 Å². The molecule has 8 nitrogen and oxygen atoms in total. The summed E-state index contributed by atoms with van der Waals surface area (Å²) in [5.74, 6) is 0.899. The van der Waals surface area contributed by atoms with Crippen LogP contribution in [0, 0.1) is 6.92 Å². The Kier molecular flexibility index (Phi) is 7.29. The van der Waals surface area contributed by atoms with Crippen LogP contribution in [0.2, 0.25) is 0 Å². The summed E-state index contributed by atoms with van der Waals surface area (Å²) >= 11 is 1.21. The third-order valence-corrected chi connectivity index (χ3v) is 5.35. The van der Waals surface area contributed by atoms with E-state index in [4.69, 9.17) is 4.52 Å². The zero-order chi connectivity index (χ0) is 20.6. The van der Waals surface area contributed by atoms with E-state index >= 15 is 0 Å². The molecular formula is C20H24N4O4S. The molecule has 0 radical (unpaired) electrons. The van der Waals surface area contributed by atoms with Gasteiger partial charge in [-0.25, -0.2) is 0 Å². The highest BCUT2D eigenvalue weighted by Crippen LogP contribution is 2.14. The highest BCUT2D eigenvalue weighted by molar-refractivity contribution is 8.00. The second-order valence-corrected chi connectivity index (χ2v) is 7.83. The smallest absolute Gasteiger partial charge is 0.253 e. The number of thioether (sulfide) groups is 1. The summed E-state index contributed by atoms with van der Waals surface area (Å²) in [7, 11) is 0. The van der Waals surface area contributed by atoms with Crippen molar-refractivity contribution in [2.24, 2.45) is 0 Å². The zero-order valence-corrected chi connectivity index (χ0v) is 17.1. The SMILES string of the molecule is Cc1cc(NC(=O)CSCC(=O)NCc2cccc(C(=O)N3CCCC3)c2)no1. The lowest BCUT2D eigenvalue weighted by molar-refractivity contribution is -0.118. The number of carbonyl (C=O) groups excluding carboxylic acids is 3. The lowest BCUT2D eigenvalue weighted by Crippen LogP contribution is -2.28. The molecule has 1 saturated heterocycles. The van der Waals surface area contributed by atoms with Gasteiger partial charge in [0.2, 0.25) is 11.8 Å². The van der Waals surface area contributed by atoms with E-state index in [0.717, 1.165) is 31.5 Å². The number of nitrogens with one attached hydrogen (secondary N) is 2. The summed E-state index contributed by atoms with van der Waals surface area (Å²) in [5.41, 5.74) is 1.51. The number of rotatable bonds is 8. The largest absolute Gasteiger partial charge is 0.360 e. The third-order valence-electron chi connectivity index (χ3n) is 4.42. The highest BCUT2D eigenvalue weighted by atomic mass is 32.2. The van der Waals surface area contributed by atoms with Crippen LogP contribution < -0.4 is 10.6 Å². The Bertz CT molecular complexity index is 877.